The standard InChI is InChI=1S/C11H8N4O2/c16-11(17)9-6-15-10(13-9)2-1-8(14-15)7-3-4-12-5-7/h1-6,12H,(H,16,17). The van der Waals surface area contributed by atoms with Crippen molar-refractivity contribution in [2.75, 3.05) is 0 Å². The number of hydrogen-bond donors (Lipinski definition) is 2. The second-order valence-electron chi connectivity index (χ2n) is 3.55. The Hall–Kier alpha value is -2.63. The van der Waals surface area contributed by atoms with Crippen LogP contribution in [0.3, 0.4) is 0 Å². The van der Waals surface area contributed by atoms with E-state index in [1.54, 1.807) is 18.3 Å². The third kappa shape index (κ3) is 1.55. The van der Waals surface area contributed by atoms with Gasteiger partial charge in [-0.25, -0.2) is 14.3 Å². The fourth-order valence-electron chi connectivity index (χ4n) is 1.62. The van der Waals surface area contributed by atoms with Gasteiger partial charge < -0.3 is 10.1 Å². The van der Waals surface area contributed by atoms with Gasteiger partial charge >= 0.3 is 5.97 Å². The van der Waals surface area contributed by atoms with Crippen molar-refractivity contribution in [1.82, 2.24) is 19.6 Å². The van der Waals surface area contributed by atoms with E-state index >= 15 is 0 Å². The molecule has 0 fully saturated rings. The van der Waals surface area contributed by atoms with E-state index in [1.807, 2.05) is 12.3 Å². The van der Waals surface area contributed by atoms with Crippen LogP contribution in [0.1, 0.15) is 10.5 Å². The lowest BCUT2D eigenvalue weighted by Gasteiger charge is -1.97. The number of aromatic amines is 1. The highest BCUT2D eigenvalue weighted by Crippen LogP contribution is 2.16. The molecule has 0 aliphatic heterocycles. The predicted octanol–water partition coefficient (Wildman–Crippen LogP) is 1.42. The molecule has 0 amide bonds. The van der Waals surface area contributed by atoms with Crippen LogP contribution < -0.4 is 0 Å². The average molecular weight is 228 g/mol. The monoisotopic (exact) mass is 228 g/mol. The Morgan fingerprint density at radius 1 is 1.35 bits per heavy atom. The molecule has 3 aromatic rings. The molecule has 0 aliphatic rings. The maximum absolute atomic E-state index is 10.8. The molecule has 0 aliphatic carbocycles. The SMILES string of the molecule is O=C(O)c1cn2nc(-c3cc[nH]c3)ccc2n1. The van der Waals surface area contributed by atoms with Crippen LogP contribution in [-0.2, 0) is 0 Å². The van der Waals surface area contributed by atoms with Gasteiger partial charge in [-0.3, -0.25) is 0 Å². The van der Waals surface area contributed by atoms with Gasteiger partial charge in [-0.1, -0.05) is 0 Å². The Kier molecular flexibility index (Phi) is 1.94. The number of carboxylic acids is 1. The van der Waals surface area contributed by atoms with Gasteiger partial charge in [0.15, 0.2) is 11.3 Å². The summed E-state index contributed by atoms with van der Waals surface area (Å²) in [6.07, 6.45) is 5.02. The van der Waals surface area contributed by atoms with E-state index in [0.717, 1.165) is 11.3 Å². The first kappa shape index (κ1) is 9.59. The number of carboxylic acid groups (broad SMARTS) is 1. The zero-order valence-electron chi connectivity index (χ0n) is 8.66. The average Bonchev–Trinajstić information content (AvgIpc) is 2.97. The largest absolute Gasteiger partial charge is 0.476 e. The Balaban J connectivity index is 2.16. The molecule has 0 saturated heterocycles. The molecule has 17 heavy (non-hydrogen) atoms. The van der Waals surface area contributed by atoms with E-state index < -0.39 is 5.97 Å². The van der Waals surface area contributed by atoms with Gasteiger partial charge in [0.05, 0.1) is 11.9 Å². The predicted molar refractivity (Wildman–Crippen MR) is 59.7 cm³/mol. The molecular weight excluding hydrogens is 220 g/mol. The summed E-state index contributed by atoms with van der Waals surface area (Å²) in [4.78, 5) is 17.6. The number of imidazole rings is 1. The molecule has 84 valence electrons. The first-order valence-corrected chi connectivity index (χ1v) is 4.97. The second-order valence-corrected chi connectivity index (χ2v) is 3.55. The third-order valence-corrected chi connectivity index (χ3v) is 2.43. The molecule has 0 unspecified atom stereocenters. The topological polar surface area (TPSA) is 83.3 Å². The summed E-state index contributed by atoms with van der Waals surface area (Å²) in [5.74, 6) is -1.06. The van der Waals surface area contributed by atoms with Crippen LogP contribution in [0.25, 0.3) is 16.9 Å². The number of aromatic nitrogens is 4. The Morgan fingerprint density at radius 2 is 2.24 bits per heavy atom. The number of hydrogen-bond acceptors (Lipinski definition) is 3. The summed E-state index contributed by atoms with van der Waals surface area (Å²) >= 11 is 0. The molecule has 3 aromatic heterocycles. The molecule has 0 atom stereocenters. The highest BCUT2D eigenvalue weighted by molar-refractivity contribution is 5.86. The van der Waals surface area contributed by atoms with E-state index in [-0.39, 0.29) is 5.69 Å². The lowest BCUT2D eigenvalue weighted by atomic mass is 10.2. The fourth-order valence-corrected chi connectivity index (χ4v) is 1.62. The van der Waals surface area contributed by atoms with Gasteiger partial charge in [0.1, 0.15) is 0 Å². The molecule has 0 radical (unpaired) electrons. The normalized spacial score (nSPS) is 10.8. The zero-order valence-corrected chi connectivity index (χ0v) is 8.66. The van der Waals surface area contributed by atoms with Crippen LogP contribution in [0.5, 0.6) is 0 Å². The van der Waals surface area contributed by atoms with E-state index in [4.69, 9.17) is 5.11 Å². The maximum Gasteiger partial charge on any atom is 0.356 e. The summed E-state index contributed by atoms with van der Waals surface area (Å²) in [5.41, 5.74) is 2.20. The van der Waals surface area contributed by atoms with Crippen molar-refractivity contribution >= 4 is 11.6 Å². The molecule has 0 saturated carbocycles. The van der Waals surface area contributed by atoms with E-state index in [1.165, 1.54) is 10.7 Å². The number of nitrogens with zero attached hydrogens (tertiary/aromatic N) is 3. The highest BCUT2D eigenvalue weighted by Gasteiger charge is 2.10. The van der Waals surface area contributed by atoms with Gasteiger partial charge in [-0.2, -0.15) is 5.10 Å². The summed E-state index contributed by atoms with van der Waals surface area (Å²) < 4.78 is 1.46. The number of H-pyrrole nitrogens is 1. The Morgan fingerprint density at radius 3 is 2.94 bits per heavy atom. The van der Waals surface area contributed by atoms with Gasteiger partial charge in [0.2, 0.25) is 0 Å². The highest BCUT2D eigenvalue weighted by atomic mass is 16.4. The van der Waals surface area contributed by atoms with Crippen molar-refractivity contribution in [2.24, 2.45) is 0 Å². The molecule has 3 heterocycles. The second kappa shape index (κ2) is 3.44. The summed E-state index contributed by atoms with van der Waals surface area (Å²) in [6, 6.07) is 5.43. The maximum atomic E-state index is 10.8. The van der Waals surface area contributed by atoms with E-state index in [0.29, 0.717) is 5.65 Å². The number of rotatable bonds is 2. The van der Waals surface area contributed by atoms with Crippen LogP contribution in [0.4, 0.5) is 0 Å². The van der Waals surface area contributed by atoms with Gasteiger partial charge in [0, 0.05) is 18.0 Å². The zero-order chi connectivity index (χ0) is 11.8. The Labute approximate surface area is 95.5 Å². The quantitative estimate of drug-likeness (QED) is 0.694. The third-order valence-electron chi connectivity index (χ3n) is 2.43. The van der Waals surface area contributed by atoms with Gasteiger partial charge in [-0.15, -0.1) is 0 Å². The molecule has 0 aromatic carbocycles. The minimum absolute atomic E-state index is 0.0104. The minimum atomic E-state index is -1.06. The molecular formula is C11H8N4O2. The van der Waals surface area contributed by atoms with E-state index in [9.17, 15) is 4.79 Å². The fraction of sp³-hybridized carbons (Fsp3) is 0. The summed E-state index contributed by atoms with van der Waals surface area (Å²) in [6.45, 7) is 0. The molecule has 6 nitrogen and oxygen atoms in total. The molecule has 6 heteroatoms. The molecule has 3 rings (SSSR count). The molecule has 0 spiro atoms. The lowest BCUT2D eigenvalue weighted by Crippen LogP contribution is -1.95. The van der Waals surface area contributed by atoms with Crippen molar-refractivity contribution < 1.29 is 9.90 Å². The summed E-state index contributed by atoms with van der Waals surface area (Å²) in [5, 5.41) is 13.1. The van der Waals surface area contributed by atoms with Crippen molar-refractivity contribution in [3.05, 3.63) is 42.5 Å². The number of aromatic carboxylic acids is 1. The summed E-state index contributed by atoms with van der Waals surface area (Å²) in [7, 11) is 0. The van der Waals surface area contributed by atoms with Crippen molar-refractivity contribution in [3.63, 3.8) is 0 Å². The first-order chi connectivity index (χ1) is 8.24. The van der Waals surface area contributed by atoms with Crippen LogP contribution in [0.2, 0.25) is 0 Å². The van der Waals surface area contributed by atoms with Crippen molar-refractivity contribution in [2.45, 2.75) is 0 Å². The first-order valence-electron chi connectivity index (χ1n) is 4.97. The Bertz CT molecular complexity index is 685. The number of carbonyl (C=O) groups is 1. The lowest BCUT2D eigenvalue weighted by molar-refractivity contribution is 0.0691. The van der Waals surface area contributed by atoms with E-state index in [2.05, 4.69) is 15.1 Å². The smallest absolute Gasteiger partial charge is 0.356 e. The van der Waals surface area contributed by atoms with Crippen molar-refractivity contribution in [3.8, 4) is 11.3 Å². The molecule has 2 N–H and O–H groups in total. The van der Waals surface area contributed by atoms with Crippen LogP contribution in [-0.4, -0.2) is 30.7 Å². The van der Waals surface area contributed by atoms with Gasteiger partial charge in [0.25, 0.3) is 0 Å². The minimum Gasteiger partial charge on any atom is -0.476 e. The van der Waals surface area contributed by atoms with Gasteiger partial charge in [-0.05, 0) is 18.2 Å². The van der Waals surface area contributed by atoms with Crippen LogP contribution in [0.15, 0.2) is 36.8 Å². The number of nitrogens with one attached hydrogen (secondary N) is 1. The van der Waals surface area contributed by atoms with Crippen LogP contribution in [0, 0.1) is 0 Å². The van der Waals surface area contributed by atoms with Crippen molar-refractivity contribution in [1.29, 1.82) is 0 Å². The van der Waals surface area contributed by atoms with Crippen LogP contribution >= 0.6 is 0 Å². The number of fused-ring (bicyclic) bond motifs is 1. The molecule has 0 bridgehead atoms.